The SMILES string of the molecule is COc1ccc(N2C(=O)C3Cc4cc(OC)c(OC)cc4CN3C2=S)c(OC)c1. The van der Waals surface area contributed by atoms with E-state index in [4.69, 9.17) is 31.2 Å². The minimum atomic E-state index is -0.361. The zero-order valence-electron chi connectivity index (χ0n) is 16.7. The number of rotatable bonds is 5. The first-order chi connectivity index (χ1) is 14.0. The molecule has 2 aliphatic rings. The molecular formula is C21H22N2O5S. The second kappa shape index (κ2) is 7.44. The summed E-state index contributed by atoms with van der Waals surface area (Å²) in [5.74, 6) is 2.42. The van der Waals surface area contributed by atoms with E-state index >= 15 is 0 Å². The van der Waals surface area contributed by atoms with Crippen LogP contribution < -0.4 is 23.8 Å². The number of nitrogens with zero attached hydrogens (tertiary/aromatic N) is 2. The lowest BCUT2D eigenvalue weighted by molar-refractivity contribution is -0.120. The summed E-state index contributed by atoms with van der Waals surface area (Å²) in [6.45, 7) is 0.528. The lowest BCUT2D eigenvalue weighted by atomic mass is 9.94. The molecule has 0 N–H and O–H groups in total. The minimum absolute atomic E-state index is 0.0705. The van der Waals surface area contributed by atoms with Crippen LogP contribution in [0, 0.1) is 0 Å². The molecule has 7 nitrogen and oxygen atoms in total. The van der Waals surface area contributed by atoms with E-state index in [2.05, 4.69) is 0 Å². The van der Waals surface area contributed by atoms with Crippen LogP contribution in [0.3, 0.4) is 0 Å². The number of benzene rings is 2. The molecule has 0 bridgehead atoms. The standard InChI is InChI=1S/C21H22N2O5S/c1-25-14-5-6-15(17(10-14)26-2)23-20(24)16-7-12-8-18(27-3)19(28-4)9-13(12)11-22(16)21(23)29/h5-6,8-10,16H,7,11H2,1-4H3. The molecule has 4 rings (SSSR count). The topological polar surface area (TPSA) is 60.5 Å². The van der Waals surface area contributed by atoms with Gasteiger partial charge in [-0.1, -0.05) is 0 Å². The van der Waals surface area contributed by atoms with Crippen molar-refractivity contribution >= 4 is 28.9 Å². The molecule has 29 heavy (non-hydrogen) atoms. The zero-order chi connectivity index (χ0) is 20.7. The van der Waals surface area contributed by atoms with Gasteiger partial charge in [-0.15, -0.1) is 0 Å². The lowest BCUT2D eigenvalue weighted by Gasteiger charge is -2.31. The Bertz CT molecular complexity index is 942. The number of fused-ring (bicyclic) bond motifs is 2. The molecule has 0 saturated carbocycles. The third-order valence-electron chi connectivity index (χ3n) is 5.41. The van der Waals surface area contributed by atoms with Gasteiger partial charge in [0.05, 0.1) is 34.1 Å². The van der Waals surface area contributed by atoms with Crippen LogP contribution in [-0.2, 0) is 17.8 Å². The monoisotopic (exact) mass is 414 g/mol. The van der Waals surface area contributed by atoms with Crippen molar-refractivity contribution in [2.24, 2.45) is 0 Å². The van der Waals surface area contributed by atoms with Crippen molar-refractivity contribution in [1.29, 1.82) is 0 Å². The first-order valence-corrected chi connectivity index (χ1v) is 9.53. The third kappa shape index (κ3) is 3.04. The van der Waals surface area contributed by atoms with Gasteiger partial charge >= 0.3 is 0 Å². The summed E-state index contributed by atoms with van der Waals surface area (Å²) < 4.78 is 21.6. The maximum Gasteiger partial charge on any atom is 0.256 e. The Hall–Kier alpha value is -3.00. The van der Waals surface area contributed by atoms with Gasteiger partial charge in [-0.2, -0.15) is 0 Å². The van der Waals surface area contributed by atoms with Crippen LogP contribution in [0.25, 0.3) is 0 Å². The summed E-state index contributed by atoms with van der Waals surface area (Å²) in [5.41, 5.74) is 2.73. The van der Waals surface area contributed by atoms with Crippen LogP contribution in [0.1, 0.15) is 11.1 Å². The van der Waals surface area contributed by atoms with Crippen molar-refractivity contribution in [3.05, 3.63) is 41.5 Å². The molecule has 1 amide bonds. The summed E-state index contributed by atoms with van der Waals surface area (Å²) in [5, 5.41) is 0.462. The normalized spacial score (nSPS) is 17.7. The van der Waals surface area contributed by atoms with Gasteiger partial charge in [0.2, 0.25) is 0 Å². The van der Waals surface area contributed by atoms with Gasteiger partial charge < -0.3 is 23.8 Å². The number of hydrogen-bond donors (Lipinski definition) is 0. The average molecular weight is 414 g/mol. The smallest absolute Gasteiger partial charge is 0.256 e. The number of methoxy groups -OCH3 is 4. The fraction of sp³-hybridized carbons (Fsp3) is 0.333. The number of ether oxygens (including phenoxy) is 4. The quantitative estimate of drug-likeness (QED) is 0.697. The zero-order valence-corrected chi connectivity index (χ0v) is 17.5. The Morgan fingerprint density at radius 2 is 1.55 bits per heavy atom. The van der Waals surface area contributed by atoms with E-state index in [1.165, 1.54) is 0 Å². The number of thiocarbonyl (C=S) groups is 1. The van der Waals surface area contributed by atoms with E-state index in [9.17, 15) is 4.79 Å². The minimum Gasteiger partial charge on any atom is -0.497 e. The van der Waals surface area contributed by atoms with Crippen molar-refractivity contribution in [2.45, 2.75) is 19.0 Å². The predicted octanol–water partition coefficient (Wildman–Crippen LogP) is 2.78. The summed E-state index contributed by atoms with van der Waals surface area (Å²) >= 11 is 5.69. The highest BCUT2D eigenvalue weighted by Crippen LogP contribution is 2.40. The van der Waals surface area contributed by atoms with Gasteiger partial charge in [0.1, 0.15) is 17.5 Å². The molecular weight excluding hydrogens is 392 g/mol. The summed E-state index contributed by atoms with van der Waals surface area (Å²) in [4.78, 5) is 16.8. The van der Waals surface area contributed by atoms with Crippen LogP contribution in [0.2, 0.25) is 0 Å². The molecule has 1 fully saturated rings. The van der Waals surface area contributed by atoms with Gasteiger partial charge in [-0.25, -0.2) is 0 Å². The Kier molecular flexibility index (Phi) is 4.96. The fourth-order valence-electron chi connectivity index (χ4n) is 3.90. The molecule has 1 atom stereocenters. The number of carbonyl (C=O) groups excluding carboxylic acids is 1. The van der Waals surface area contributed by atoms with Crippen molar-refractivity contribution in [2.75, 3.05) is 33.3 Å². The fourth-order valence-corrected chi connectivity index (χ4v) is 4.28. The van der Waals surface area contributed by atoms with Gasteiger partial charge in [-0.05, 0) is 47.6 Å². The molecule has 0 radical (unpaired) electrons. The molecule has 0 aliphatic carbocycles. The molecule has 1 unspecified atom stereocenters. The maximum absolute atomic E-state index is 13.3. The molecule has 8 heteroatoms. The molecule has 152 valence electrons. The van der Waals surface area contributed by atoms with Gasteiger partial charge in [0.15, 0.2) is 16.6 Å². The molecule has 0 spiro atoms. The average Bonchev–Trinajstić information content (AvgIpc) is 2.99. The first-order valence-electron chi connectivity index (χ1n) is 9.12. The molecule has 0 aromatic heterocycles. The molecule has 2 aliphatic heterocycles. The Morgan fingerprint density at radius 3 is 2.17 bits per heavy atom. The summed E-state index contributed by atoms with van der Waals surface area (Å²) in [6, 6.07) is 8.86. The Labute approximate surface area is 174 Å². The van der Waals surface area contributed by atoms with Gasteiger partial charge in [-0.3, -0.25) is 9.69 Å². The molecule has 2 aromatic carbocycles. The van der Waals surface area contributed by atoms with Crippen LogP contribution in [0.15, 0.2) is 30.3 Å². The van der Waals surface area contributed by atoms with E-state index in [1.807, 2.05) is 17.0 Å². The molecule has 2 heterocycles. The first kappa shape index (κ1) is 19.3. The highest BCUT2D eigenvalue weighted by Gasteiger charge is 2.46. The van der Waals surface area contributed by atoms with E-state index in [0.29, 0.717) is 46.8 Å². The van der Waals surface area contributed by atoms with E-state index in [1.54, 1.807) is 51.5 Å². The van der Waals surface area contributed by atoms with Crippen LogP contribution in [-0.4, -0.2) is 50.4 Å². The number of hydrogen-bond acceptors (Lipinski definition) is 6. The molecule has 2 aromatic rings. The van der Waals surface area contributed by atoms with Crippen LogP contribution in [0.5, 0.6) is 23.0 Å². The number of anilines is 1. The molecule has 1 saturated heterocycles. The highest BCUT2D eigenvalue weighted by atomic mass is 32.1. The van der Waals surface area contributed by atoms with E-state index in [-0.39, 0.29) is 11.9 Å². The van der Waals surface area contributed by atoms with Crippen molar-refractivity contribution in [3.63, 3.8) is 0 Å². The maximum atomic E-state index is 13.3. The second-order valence-electron chi connectivity index (χ2n) is 6.82. The van der Waals surface area contributed by atoms with E-state index < -0.39 is 0 Å². The van der Waals surface area contributed by atoms with Crippen LogP contribution >= 0.6 is 12.2 Å². The largest absolute Gasteiger partial charge is 0.497 e. The van der Waals surface area contributed by atoms with Gasteiger partial charge in [0.25, 0.3) is 5.91 Å². The summed E-state index contributed by atoms with van der Waals surface area (Å²) in [7, 11) is 6.36. The predicted molar refractivity (Wildman–Crippen MR) is 112 cm³/mol. The van der Waals surface area contributed by atoms with Gasteiger partial charge in [0, 0.05) is 19.0 Å². The highest BCUT2D eigenvalue weighted by molar-refractivity contribution is 7.80. The third-order valence-corrected chi connectivity index (χ3v) is 5.82. The second-order valence-corrected chi connectivity index (χ2v) is 7.18. The van der Waals surface area contributed by atoms with Crippen molar-refractivity contribution < 1.29 is 23.7 Å². The van der Waals surface area contributed by atoms with Crippen molar-refractivity contribution in [3.8, 4) is 23.0 Å². The Morgan fingerprint density at radius 1 is 0.897 bits per heavy atom. The lowest BCUT2D eigenvalue weighted by Crippen LogP contribution is -2.40. The van der Waals surface area contributed by atoms with E-state index in [0.717, 1.165) is 11.1 Å². The number of amides is 1. The Balaban J connectivity index is 1.71. The van der Waals surface area contributed by atoms with Crippen LogP contribution in [0.4, 0.5) is 5.69 Å². The number of carbonyl (C=O) groups is 1. The van der Waals surface area contributed by atoms with Crippen molar-refractivity contribution in [1.82, 2.24) is 4.90 Å². The summed E-state index contributed by atoms with van der Waals surface area (Å²) in [6.07, 6.45) is 0.545.